The highest BCUT2D eigenvalue weighted by Crippen LogP contribution is 2.25. The van der Waals surface area contributed by atoms with Gasteiger partial charge in [0.1, 0.15) is 11.6 Å². The van der Waals surface area contributed by atoms with Gasteiger partial charge in [-0.15, -0.1) is 0 Å². The maximum atomic E-state index is 12.7. The SMILES string of the molecule is Cc1cccc(O)c1-n1c(C)nc2ccccc2c1=O. The molecule has 0 fully saturated rings. The second-order valence-electron chi connectivity index (χ2n) is 4.76. The minimum Gasteiger partial charge on any atom is -0.506 e. The van der Waals surface area contributed by atoms with Gasteiger partial charge >= 0.3 is 0 Å². The van der Waals surface area contributed by atoms with Gasteiger partial charge in [0.25, 0.3) is 5.56 Å². The molecule has 4 heteroatoms. The predicted molar refractivity (Wildman–Crippen MR) is 78.5 cm³/mol. The van der Waals surface area contributed by atoms with Crippen molar-refractivity contribution < 1.29 is 5.11 Å². The first-order valence-corrected chi connectivity index (χ1v) is 6.37. The Hall–Kier alpha value is -2.62. The molecule has 4 nitrogen and oxygen atoms in total. The lowest BCUT2D eigenvalue weighted by atomic mass is 10.1. The summed E-state index contributed by atoms with van der Waals surface area (Å²) in [6.07, 6.45) is 0. The first kappa shape index (κ1) is 12.4. The normalized spacial score (nSPS) is 10.9. The van der Waals surface area contributed by atoms with Crippen LogP contribution in [0.5, 0.6) is 5.75 Å². The van der Waals surface area contributed by atoms with Gasteiger partial charge < -0.3 is 5.11 Å². The molecule has 0 aliphatic carbocycles. The summed E-state index contributed by atoms with van der Waals surface area (Å²) in [5.74, 6) is 0.630. The van der Waals surface area contributed by atoms with Gasteiger partial charge in [0.2, 0.25) is 0 Å². The van der Waals surface area contributed by atoms with E-state index in [2.05, 4.69) is 4.98 Å². The first-order chi connectivity index (χ1) is 9.59. The molecule has 0 amide bonds. The fourth-order valence-corrected chi connectivity index (χ4v) is 2.44. The van der Waals surface area contributed by atoms with Crippen LogP contribution in [0.3, 0.4) is 0 Å². The largest absolute Gasteiger partial charge is 0.506 e. The maximum absolute atomic E-state index is 12.7. The number of aromatic nitrogens is 2. The van der Waals surface area contributed by atoms with E-state index in [4.69, 9.17) is 0 Å². The minimum atomic E-state index is -0.169. The topological polar surface area (TPSA) is 55.1 Å². The van der Waals surface area contributed by atoms with Crippen LogP contribution < -0.4 is 5.56 Å². The highest BCUT2D eigenvalue weighted by Gasteiger charge is 2.14. The summed E-state index contributed by atoms with van der Waals surface area (Å²) in [5, 5.41) is 10.6. The molecule has 2 aromatic carbocycles. The Balaban J connectivity index is 2.46. The Kier molecular flexibility index (Phi) is 2.79. The number of para-hydroxylation sites is 2. The third-order valence-corrected chi connectivity index (χ3v) is 3.38. The van der Waals surface area contributed by atoms with Gasteiger partial charge in [-0.05, 0) is 37.6 Å². The van der Waals surface area contributed by atoms with Gasteiger partial charge in [0, 0.05) is 0 Å². The summed E-state index contributed by atoms with van der Waals surface area (Å²) in [5.41, 5.74) is 1.82. The zero-order valence-electron chi connectivity index (χ0n) is 11.3. The van der Waals surface area contributed by atoms with E-state index in [9.17, 15) is 9.90 Å². The molecule has 3 aromatic rings. The van der Waals surface area contributed by atoms with E-state index >= 15 is 0 Å². The van der Waals surface area contributed by atoms with Crippen LogP contribution in [0.25, 0.3) is 16.6 Å². The summed E-state index contributed by atoms with van der Waals surface area (Å²) in [7, 11) is 0. The molecule has 0 atom stereocenters. The van der Waals surface area contributed by atoms with E-state index < -0.39 is 0 Å². The van der Waals surface area contributed by atoms with Gasteiger partial charge in [-0.3, -0.25) is 9.36 Å². The van der Waals surface area contributed by atoms with Crippen molar-refractivity contribution in [1.29, 1.82) is 0 Å². The molecule has 3 rings (SSSR count). The summed E-state index contributed by atoms with van der Waals surface area (Å²) in [6, 6.07) is 12.4. The van der Waals surface area contributed by atoms with Gasteiger partial charge in [-0.25, -0.2) is 4.98 Å². The summed E-state index contributed by atoms with van der Waals surface area (Å²) < 4.78 is 1.47. The van der Waals surface area contributed by atoms with Crippen LogP contribution in [0.2, 0.25) is 0 Å². The van der Waals surface area contributed by atoms with Gasteiger partial charge in [-0.1, -0.05) is 24.3 Å². The monoisotopic (exact) mass is 266 g/mol. The van der Waals surface area contributed by atoms with Crippen molar-refractivity contribution >= 4 is 10.9 Å². The number of hydrogen-bond acceptors (Lipinski definition) is 3. The van der Waals surface area contributed by atoms with Crippen molar-refractivity contribution in [1.82, 2.24) is 9.55 Å². The quantitative estimate of drug-likeness (QED) is 0.736. The van der Waals surface area contributed by atoms with Crippen LogP contribution in [0.1, 0.15) is 11.4 Å². The number of phenols is 1. The molecule has 1 N–H and O–H groups in total. The molecule has 1 heterocycles. The average molecular weight is 266 g/mol. The van der Waals surface area contributed by atoms with Crippen LogP contribution >= 0.6 is 0 Å². The predicted octanol–water partition coefficient (Wildman–Crippen LogP) is 2.71. The fourth-order valence-electron chi connectivity index (χ4n) is 2.44. The number of nitrogens with zero attached hydrogens (tertiary/aromatic N) is 2. The van der Waals surface area contributed by atoms with Gasteiger partial charge in [0.15, 0.2) is 0 Å². The number of aryl methyl sites for hydroxylation is 2. The lowest BCUT2D eigenvalue weighted by Crippen LogP contribution is -2.23. The average Bonchev–Trinajstić information content (AvgIpc) is 2.42. The van der Waals surface area contributed by atoms with Gasteiger partial charge in [-0.2, -0.15) is 0 Å². The molecular weight excluding hydrogens is 252 g/mol. The smallest absolute Gasteiger partial charge is 0.266 e. The Morgan fingerprint density at radius 3 is 2.55 bits per heavy atom. The van der Waals surface area contributed by atoms with E-state index in [0.29, 0.717) is 22.4 Å². The summed E-state index contributed by atoms with van der Waals surface area (Å²) in [4.78, 5) is 17.1. The third kappa shape index (κ3) is 1.77. The lowest BCUT2D eigenvalue weighted by Gasteiger charge is -2.14. The third-order valence-electron chi connectivity index (χ3n) is 3.38. The van der Waals surface area contributed by atoms with Crippen molar-refractivity contribution in [3.63, 3.8) is 0 Å². The number of aromatic hydroxyl groups is 1. The molecule has 0 spiro atoms. The second-order valence-corrected chi connectivity index (χ2v) is 4.76. The number of fused-ring (bicyclic) bond motifs is 1. The van der Waals surface area contributed by atoms with E-state index in [1.807, 2.05) is 31.2 Å². The van der Waals surface area contributed by atoms with E-state index in [0.717, 1.165) is 5.56 Å². The molecule has 20 heavy (non-hydrogen) atoms. The Labute approximate surface area is 116 Å². The van der Waals surface area contributed by atoms with Crippen LogP contribution in [-0.2, 0) is 0 Å². The van der Waals surface area contributed by atoms with Crippen molar-refractivity contribution in [3.8, 4) is 11.4 Å². The molecule has 100 valence electrons. The van der Waals surface area contributed by atoms with Crippen LogP contribution in [0.4, 0.5) is 0 Å². The highest BCUT2D eigenvalue weighted by molar-refractivity contribution is 5.78. The summed E-state index contributed by atoms with van der Waals surface area (Å²) in [6.45, 7) is 3.62. The number of hydrogen-bond donors (Lipinski definition) is 1. The zero-order valence-corrected chi connectivity index (χ0v) is 11.3. The van der Waals surface area contributed by atoms with Gasteiger partial charge in [0.05, 0.1) is 16.6 Å². The molecule has 0 radical (unpaired) electrons. The Bertz CT molecular complexity index is 846. The molecular formula is C16H14N2O2. The molecule has 1 aromatic heterocycles. The molecule has 0 unspecified atom stereocenters. The second kappa shape index (κ2) is 4.49. The number of phenolic OH excluding ortho intramolecular Hbond substituents is 1. The fraction of sp³-hybridized carbons (Fsp3) is 0.125. The highest BCUT2D eigenvalue weighted by atomic mass is 16.3. The van der Waals surface area contributed by atoms with Crippen LogP contribution in [0.15, 0.2) is 47.3 Å². The molecule has 0 saturated heterocycles. The summed E-state index contributed by atoms with van der Waals surface area (Å²) >= 11 is 0. The Morgan fingerprint density at radius 2 is 1.80 bits per heavy atom. The molecule has 0 aliphatic rings. The van der Waals surface area contributed by atoms with Crippen LogP contribution in [0, 0.1) is 13.8 Å². The number of rotatable bonds is 1. The zero-order chi connectivity index (χ0) is 14.3. The minimum absolute atomic E-state index is 0.0762. The lowest BCUT2D eigenvalue weighted by molar-refractivity contribution is 0.470. The van der Waals surface area contributed by atoms with E-state index in [-0.39, 0.29) is 11.3 Å². The van der Waals surface area contributed by atoms with Crippen molar-refractivity contribution in [2.75, 3.05) is 0 Å². The molecule has 0 saturated carbocycles. The molecule has 0 aliphatic heterocycles. The first-order valence-electron chi connectivity index (χ1n) is 6.37. The van der Waals surface area contributed by atoms with Crippen molar-refractivity contribution in [3.05, 3.63) is 64.2 Å². The van der Waals surface area contributed by atoms with E-state index in [1.54, 1.807) is 25.1 Å². The molecule has 0 bridgehead atoms. The maximum Gasteiger partial charge on any atom is 0.266 e. The standard InChI is InChI=1S/C16H14N2O2/c1-10-6-5-9-14(19)15(10)18-11(2)17-13-8-4-3-7-12(13)16(18)20/h3-9,19H,1-2H3. The Morgan fingerprint density at radius 1 is 1.05 bits per heavy atom. The van der Waals surface area contributed by atoms with Crippen molar-refractivity contribution in [2.45, 2.75) is 13.8 Å². The van der Waals surface area contributed by atoms with Crippen LogP contribution in [-0.4, -0.2) is 14.7 Å². The van der Waals surface area contributed by atoms with Crippen molar-refractivity contribution in [2.24, 2.45) is 0 Å². The van der Waals surface area contributed by atoms with E-state index in [1.165, 1.54) is 4.57 Å². The number of benzene rings is 2.